The molecule has 0 unspecified atom stereocenters. The van der Waals surface area contributed by atoms with Crippen LogP contribution in [0.5, 0.6) is 5.75 Å². The predicted molar refractivity (Wildman–Crippen MR) is 58.0 cm³/mol. The van der Waals surface area contributed by atoms with Crippen molar-refractivity contribution in [3.05, 3.63) is 28.8 Å². The van der Waals surface area contributed by atoms with Crippen LogP contribution in [0.15, 0.2) is 18.2 Å². The molecule has 1 aromatic rings. The number of likely N-dealkylation sites (N-methyl/N-ethyl adjacent to an activating group) is 1. The number of nitrogens with one attached hydrogen (secondary N) is 1. The lowest BCUT2D eigenvalue weighted by Crippen LogP contribution is -2.24. The molecule has 1 aromatic carbocycles. The van der Waals surface area contributed by atoms with E-state index >= 15 is 0 Å². The Kier molecular flexibility index (Phi) is 4.13. The third kappa shape index (κ3) is 3.13. The number of carboxylic acid groups (broad SMARTS) is 1. The molecule has 6 heteroatoms. The summed E-state index contributed by atoms with van der Waals surface area (Å²) in [7, 11) is 1.49. The van der Waals surface area contributed by atoms with Crippen LogP contribution in [0, 0.1) is 0 Å². The Bertz CT molecular complexity index is 419. The number of hydrogen-bond donors (Lipinski definition) is 2. The molecular formula is C10H10ClNO4. The minimum Gasteiger partial charge on any atom is -0.482 e. The summed E-state index contributed by atoms with van der Waals surface area (Å²) in [5.74, 6) is -1.09. The number of ether oxygens (including phenoxy) is 1. The monoisotopic (exact) mass is 243 g/mol. The van der Waals surface area contributed by atoms with E-state index in [1.807, 2.05) is 0 Å². The minimum absolute atomic E-state index is 0.0669. The van der Waals surface area contributed by atoms with E-state index in [9.17, 15) is 9.59 Å². The van der Waals surface area contributed by atoms with Crippen molar-refractivity contribution in [3.8, 4) is 5.75 Å². The molecular weight excluding hydrogens is 234 g/mol. The molecule has 0 fully saturated rings. The second kappa shape index (κ2) is 5.37. The van der Waals surface area contributed by atoms with Crippen LogP contribution in [-0.4, -0.2) is 30.6 Å². The first-order valence-corrected chi connectivity index (χ1v) is 4.78. The standard InChI is InChI=1S/C10H10ClNO4/c1-12-9(13)5-16-8-3-2-6(10(14)15)4-7(8)11/h2-4H,5H2,1H3,(H,12,13)(H,14,15). The average Bonchev–Trinajstić information content (AvgIpc) is 2.26. The number of benzene rings is 1. The Morgan fingerprint density at radius 2 is 2.19 bits per heavy atom. The molecule has 0 spiro atoms. The third-order valence-electron chi connectivity index (χ3n) is 1.82. The topological polar surface area (TPSA) is 75.6 Å². The maximum absolute atomic E-state index is 10.9. The molecule has 1 rings (SSSR count). The van der Waals surface area contributed by atoms with Crippen LogP contribution in [-0.2, 0) is 4.79 Å². The summed E-state index contributed by atoms with van der Waals surface area (Å²) < 4.78 is 5.09. The number of halogens is 1. The molecule has 0 aliphatic rings. The molecule has 16 heavy (non-hydrogen) atoms. The molecule has 0 aliphatic carbocycles. The van der Waals surface area contributed by atoms with Gasteiger partial charge in [-0.05, 0) is 18.2 Å². The van der Waals surface area contributed by atoms with E-state index in [2.05, 4.69) is 5.32 Å². The molecule has 1 amide bonds. The summed E-state index contributed by atoms with van der Waals surface area (Å²) in [6.07, 6.45) is 0. The van der Waals surface area contributed by atoms with Crippen molar-refractivity contribution < 1.29 is 19.4 Å². The average molecular weight is 244 g/mol. The van der Waals surface area contributed by atoms with Crippen molar-refractivity contribution in [2.45, 2.75) is 0 Å². The van der Waals surface area contributed by atoms with Crippen molar-refractivity contribution >= 4 is 23.5 Å². The van der Waals surface area contributed by atoms with Crippen LogP contribution in [0.3, 0.4) is 0 Å². The van der Waals surface area contributed by atoms with Gasteiger partial charge >= 0.3 is 5.97 Å². The lowest BCUT2D eigenvalue weighted by Gasteiger charge is -2.07. The van der Waals surface area contributed by atoms with Gasteiger partial charge in [-0.2, -0.15) is 0 Å². The smallest absolute Gasteiger partial charge is 0.335 e. The SMILES string of the molecule is CNC(=O)COc1ccc(C(=O)O)cc1Cl. The maximum Gasteiger partial charge on any atom is 0.335 e. The van der Waals surface area contributed by atoms with Crippen LogP contribution in [0.4, 0.5) is 0 Å². The molecule has 0 bridgehead atoms. The van der Waals surface area contributed by atoms with Gasteiger partial charge in [0.05, 0.1) is 10.6 Å². The van der Waals surface area contributed by atoms with E-state index in [4.69, 9.17) is 21.4 Å². The van der Waals surface area contributed by atoms with E-state index in [1.54, 1.807) is 0 Å². The zero-order chi connectivity index (χ0) is 12.1. The summed E-state index contributed by atoms with van der Waals surface area (Å²) >= 11 is 5.78. The first-order chi connectivity index (χ1) is 7.54. The van der Waals surface area contributed by atoms with Gasteiger partial charge in [0.2, 0.25) is 0 Å². The molecule has 0 atom stereocenters. The molecule has 2 N–H and O–H groups in total. The van der Waals surface area contributed by atoms with E-state index < -0.39 is 5.97 Å². The lowest BCUT2D eigenvalue weighted by atomic mass is 10.2. The molecule has 0 radical (unpaired) electrons. The maximum atomic E-state index is 10.9. The van der Waals surface area contributed by atoms with Crippen LogP contribution < -0.4 is 10.1 Å². The van der Waals surface area contributed by atoms with Crippen LogP contribution >= 0.6 is 11.6 Å². The second-order valence-electron chi connectivity index (χ2n) is 2.91. The Balaban J connectivity index is 2.75. The van der Waals surface area contributed by atoms with E-state index in [-0.39, 0.29) is 28.8 Å². The fraction of sp³-hybridized carbons (Fsp3) is 0.200. The van der Waals surface area contributed by atoms with Gasteiger partial charge in [0.25, 0.3) is 5.91 Å². The number of rotatable bonds is 4. The number of hydrogen-bond acceptors (Lipinski definition) is 3. The highest BCUT2D eigenvalue weighted by Crippen LogP contribution is 2.25. The number of aromatic carboxylic acids is 1. The van der Waals surface area contributed by atoms with Crippen molar-refractivity contribution in [2.75, 3.05) is 13.7 Å². The number of carbonyl (C=O) groups is 2. The summed E-state index contributed by atoms with van der Waals surface area (Å²) in [5.41, 5.74) is 0.0669. The predicted octanol–water partition coefficient (Wildman–Crippen LogP) is 1.16. The van der Waals surface area contributed by atoms with Crippen molar-refractivity contribution in [1.29, 1.82) is 0 Å². The summed E-state index contributed by atoms with van der Waals surface area (Å²) in [4.78, 5) is 21.5. The Hall–Kier alpha value is -1.75. The molecule has 0 saturated carbocycles. The summed E-state index contributed by atoms with van der Waals surface area (Å²) in [5, 5.41) is 11.2. The Morgan fingerprint density at radius 3 is 2.69 bits per heavy atom. The fourth-order valence-electron chi connectivity index (χ4n) is 0.966. The summed E-state index contributed by atoms with van der Waals surface area (Å²) in [6.45, 7) is -0.164. The van der Waals surface area contributed by atoms with E-state index in [1.165, 1.54) is 25.2 Å². The molecule has 86 valence electrons. The number of carbonyl (C=O) groups excluding carboxylic acids is 1. The van der Waals surface area contributed by atoms with Gasteiger partial charge in [0, 0.05) is 7.05 Å². The Labute approximate surface area is 97.0 Å². The molecule has 0 saturated heterocycles. The van der Waals surface area contributed by atoms with Gasteiger partial charge in [-0.15, -0.1) is 0 Å². The quantitative estimate of drug-likeness (QED) is 0.832. The largest absolute Gasteiger partial charge is 0.482 e. The van der Waals surface area contributed by atoms with Crippen molar-refractivity contribution in [2.24, 2.45) is 0 Å². The highest BCUT2D eigenvalue weighted by molar-refractivity contribution is 6.32. The van der Waals surface area contributed by atoms with E-state index in [0.717, 1.165) is 0 Å². The van der Waals surface area contributed by atoms with Gasteiger partial charge in [-0.3, -0.25) is 4.79 Å². The zero-order valence-corrected chi connectivity index (χ0v) is 9.25. The van der Waals surface area contributed by atoms with Crippen molar-refractivity contribution in [3.63, 3.8) is 0 Å². The first-order valence-electron chi connectivity index (χ1n) is 4.41. The minimum atomic E-state index is -1.07. The number of carboxylic acids is 1. The van der Waals surface area contributed by atoms with Gasteiger partial charge in [0.15, 0.2) is 6.61 Å². The fourth-order valence-corrected chi connectivity index (χ4v) is 1.20. The van der Waals surface area contributed by atoms with Crippen LogP contribution in [0.2, 0.25) is 5.02 Å². The normalized spacial score (nSPS) is 9.62. The van der Waals surface area contributed by atoms with Crippen molar-refractivity contribution in [1.82, 2.24) is 5.32 Å². The van der Waals surface area contributed by atoms with Crippen LogP contribution in [0.1, 0.15) is 10.4 Å². The highest BCUT2D eigenvalue weighted by Gasteiger charge is 2.08. The molecule has 0 aliphatic heterocycles. The van der Waals surface area contributed by atoms with E-state index in [0.29, 0.717) is 0 Å². The molecule has 0 aromatic heterocycles. The third-order valence-corrected chi connectivity index (χ3v) is 2.11. The zero-order valence-electron chi connectivity index (χ0n) is 8.49. The second-order valence-corrected chi connectivity index (χ2v) is 3.32. The van der Waals surface area contributed by atoms with Gasteiger partial charge in [0.1, 0.15) is 5.75 Å². The molecule has 0 heterocycles. The highest BCUT2D eigenvalue weighted by atomic mass is 35.5. The van der Waals surface area contributed by atoms with Gasteiger partial charge in [-0.1, -0.05) is 11.6 Å². The Morgan fingerprint density at radius 1 is 1.50 bits per heavy atom. The van der Waals surface area contributed by atoms with Crippen LogP contribution in [0.25, 0.3) is 0 Å². The lowest BCUT2D eigenvalue weighted by molar-refractivity contribution is -0.122. The van der Waals surface area contributed by atoms with Gasteiger partial charge < -0.3 is 15.2 Å². The number of amides is 1. The van der Waals surface area contributed by atoms with Gasteiger partial charge in [-0.25, -0.2) is 4.79 Å². The summed E-state index contributed by atoms with van der Waals surface area (Å²) in [6, 6.07) is 4.03. The molecule has 5 nitrogen and oxygen atoms in total. The first kappa shape index (κ1) is 12.3.